The van der Waals surface area contributed by atoms with Crippen molar-refractivity contribution in [2.24, 2.45) is 0 Å². The summed E-state index contributed by atoms with van der Waals surface area (Å²) in [6, 6.07) is 13.9. The average Bonchev–Trinajstić information content (AvgIpc) is 2.48. The number of hydrogen-bond acceptors (Lipinski definition) is 2. The zero-order valence-corrected chi connectivity index (χ0v) is 11.9. The maximum absolute atomic E-state index is 12.0. The minimum atomic E-state index is -0.290. The highest BCUT2D eigenvalue weighted by Gasteiger charge is 2.11. The first-order valence-corrected chi connectivity index (χ1v) is 6.58. The van der Waals surface area contributed by atoms with E-state index in [2.05, 4.69) is 5.32 Å². The Bertz CT molecular complexity index is 675. The van der Waals surface area contributed by atoms with Gasteiger partial charge in [-0.25, -0.2) is 0 Å². The number of halogens is 2. The molecular weight excluding hydrogens is 295 g/mol. The third-order valence-electron chi connectivity index (χ3n) is 2.73. The first-order valence-electron chi connectivity index (χ1n) is 5.83. The molecule has 0 fully saturated rings. The van der Waals surface area contributed by atoms with Gasteiger partial charge in [-0.1, -0.05) is 41.4 Å². The molecule has 100 valence electrons. The molecule has 0 aliphatic heterocycles. The molecule has 0 radical (unpaired) electrons. The third-order valence-corrected chi connectivity index (χ3v) is 3.55. The second-order valence-corrected chi connectivity index (χ2v) is 4.88. The molecule has 0 spiro atoms. The van der Waals surface area contributed by atoms with Crippen LogP contribution in [0.25, 0.3) is 0 Å². The fourth-order valence-electron chi connectivity index (χ4n) is 1.65. The van der Waals surface area contributed by atoms with Crippen LogP contribution in [0.5, 0.6) is 0 Å². The molecule has 0 heterocycles. The van der Waals surface area contributed by atoms with E-state index in [9.17, 15) is 4.79 Å². The van der Waals surface area contributed by atoms with Crippen molar-refractivity contribution in [1.82, 2.24) is 5.32 Å². The van der Waals surface area contributed by atoms with E-state index in [1.165, 1.54) is 0 Å². The van der Waals surface area contributed by atoms with Gasteiger partial charge in [0.1, 0.15) is 0 Å². The van der Waals surface area contributed by atoms with Crippen LogP contribution in [0.4, 0.5) is 0 Å². The van der Waals surface area contributed by atoms with Gasteiger partial charge >= 0.3 is 0 Å². The average molecular weight is 305 g/mol. The number of nitriles is 1. The SMILES string of the molecule is N#Cc1ccc(CNC(=O)c2cccc(Cl)c2Cl)cc1. The summed E-state index contributed by atoms with van der Waals surface area (Å²) in [6.45, 7) is 0.355. The fraction of sp³-hybridized carbons (Fsp3) is 0.0667. The molecule has 20 heavy (non-hydrogen) atoms. The van der Waals surface area contributed by atoms with Crippen LogP contribution < -0.4 is 5.32 Å². The second-order valence-electron chi connectivity index (χ2n) is 4.09. The third kappa shape index (κ3) is 3.30. The molecule has 0 aliphatic rings. The van der Waals surface area contributed by atoms with Crippen molar-refractivity contribution in [2.75, 3.05) is 0 Å². The summed E-state index contributed by atoms with van der Waals surface area (Å²) in [6.07, 6.45) is 0. The Morgan fingerprint density at radius 3 is 2.50 bits per heavy atom. The van der Waals surface area contributed by atoms with E-state index in [1.54, 1.807) is 42.5 Å². The Balaban J connectivity index is 2.05. The molecule has 0 bridgehead atoms. The zero-order valence-electron chi connectivity index (χ0n) is 10.4. The lowest BCUT2D eigenvalue weighted by atomic mass is 10.1. The van der Waals surface area contributed by atoms with Gasteiger partial charge in [-0.05, 0) is 29.8 Å². The van der Waals surface area contributed by atoms with Crippen LogP contribution in [0.2, 0.25) is 10.0 Å². The molecule has 2 aromatic carbocycles. The standard InChI is InChI=1S/C15H10Cl2N2O/c16-13-3-1-2-12(14(13)17)15(20)19-9-11-6-4-10(8-18)5-7-11/h1-7H,9H2,(H,19,20). The Kier molecular flexibility index (Phi) is 4.62. The summed E-state index contributed by atoms with van der Waals surface area (Å²) in [5.74, 6) is -0.290. The summed E-state index contributed by atoms with van der Waals surface area (Å²) in [7, 11) is 0. The summed E-state index contributed by atoms with van der Waals surface area (Å²) in [5.41, 5.74) is 1.82. The first kappa shape index (κ1) is 14.4. The van der Waals surface area contributed by atoms with Crippen molar-refractivity contribution in [3.8, 4) is 6.07 Å². The lowest BCUT2D eigenvalue weighted by Crippen LogP contribution is -2.23. The van der Waals surface area contributed by atoms with E-state index in [4.69, 9.17) is 28.5 Å². The molecule has 1 N–H and O–H groups in total. The Morgan fingerprint density at radius 1 is 1.15 bits per heavy atom. The normalized spacial score (nSPS) is 9.85. The predicted molar refractivity (Wildman–Crippen MR) is 78.8 cm³/mol. The molecule has 3 nitrogen and oxygen atoms in total. The van der Waals surface area contributed by atoms with Crippen LogP contribution in [-0.4, -0.2) is 5.91 Å². The molecule has 0 aliphatic carbocycles. The van der Waals surface area contributed by atoms with Gasteiger partial charge in [-0.3, -0.25) is 4.79 Å². The molecule has 2 rings (SSSR count). The lowest BCUT2D eigenvalue weighted by molar-refractivity contribution is 0.0951. The molecule has 0 saturated carbocycles. The van der Waals surface area contributed by atoms with Crippen LogP contribution in [0.3, 0.4) is 0 Å². The summed E-state index contributed by atoms with van der Waals surface area (Å²) >= 11 is 11.8. The van der Waals surface area contributed by atoms with Crippen LogP contribution in [0, 0.1) is 11.3 Å². The highest BCUT2D eigenvalue weighted by atomic mass is 35.5. The molecule has 5 heteroatoms. The van der Waals surface area contributed by atoms with Crippen LogP contribution in [0.15, 0.2) is 42.5 Å². The van der Waals surface area contributed by atoms with Gasteiger partial charge < -0.3 is 5.32 Å². The van der Waals surface area contributed by atoms with Gasteiger partial charge in [-0.15, -0.1) is 0 Å². The number of nitrogens with zero attached hydrogens (tertiary/aromatic N) is 1. The molecule has 0 aromatic heterocycles. The van der Waals surface area contributed by atoms with E-state index in [0.717, 1.165) is 5.56 Å². The van der Waals surface area contributed by atoms with Gasteiger partial charge in [-0.2, -0.15) is 5.26 Å². The van der Waals surface area contributed by atoms with Crippen molar-refractivity contribution < 1.29 is 4.79 Å². The highest BCUT2D eigenvalue weighted by Crippen LogP contribution is 2.25. The molecule has 0 saturated heterocycles. The molecule has 2 aromatic rings. The van der Waals surface area contributed by atoms with Crippen molar-refractivity contribution in [1.29, 1.82) is 5.26 Å². The smallest absolute Gasteiger partial charge is 0.253 e. The maximum atomic E-state index is 12.0. The number of carbonyl (C=O) groups is 1. The van der Waals surface area contributed by atoms with Crippen molar-refractivity contribution in [2.45, 2.75) is 6.54 Å². The maximum Gasteiger partial charge on any atom is 0.253 e. The topological polar surface area (TPSA) is 52.9 Å². The van der Waals surface area contributed by atoms with E-state index in [0.29, 0.717) is 22.7 Å². The van der Waals surface area contributed by atoms with E-state index in [-0.39, 0.29) is 10.9 Å². The molecule has 0 unspecified atom stereocenters. The summed E-state index contributed by atoms with van der Waals surface area (Å²) in [5, 5.41) is 12.0. The van der Waals surface area contributed by atoms with Gasteiger partial charge in [0.2, 0.25) is 0 Å². The van der Waals surface area contributed by atoms with Gasteiger partial charge in [0.05, 0.1) is 27.2 Å². The Labute approximate surface area is 126 Å². The quantitative estimate of drug-likeness (QED) is 0.938. The van der Waals surface area contributed by atoms with Gasteiger partial charge in [0.25, 0.3) is 5.91 Å². The highest BCUT2D eigenvalue weighted by molar-refractivity contribution is 6.43. The van der Waals surface area contributed by atoms with Crippen LogP contribution in [0.1, 0.15) is 21.5 Å². The molecular formula is C15H10Cl2N2O. The monoisotopic (exact) mass is 304 g/mol. The van der Waals surface area contributed by atoms with Gasteiger partial charge in [0, 0.05) is 6.54 Å². The van der Waals surface area contributed by atoms with E-state index >= 15 is 0 Å². The minimum Gasteiger partial charge on any atom is -0.348 e. The fourth-order valence-corrected chi connectivity index (χ4v) is 2.04. The first-order chi connectivity index (χ1) is 9.61. The van der Waals surface area contributed by atoms with E-state index in [1.807, 2.05) is 6.07 Å². The number of amides is 1. The number of rotatable bonds is 3. The van der Waals surface area contributed by atoms with Crippen LogP contribution >= 0.6 is 23.2 Å². The number of nitrogens with one attached hydrogen (secondary N) is 1. The Hall–Kier alpha value is -2.02. The number of benzene rings is 2. The van der Waals surface area contributed by atoms with Crippen molar-refractivity contribution in [3.63, 3.8) is 0 Å². The van der Waals surface area contributed by atoms with Crippen LogP contribution in [-0.2, 0) is 6.54 Å². The second kappa shape index (κ2) is 6.42. The van der Waals surface area contributed by atoms with Gasteiger partial charge in [0.15, 0.2) is 0 Å². The number of carbonyl (C=O) groups excluding carboxylic acids is 1. The van der Waals surface area contributed by atoms with Crippen molar-refractivity contribution >= 4 is 29.1 Å². The molecule has 1 amide bonds. The largest absolute Gasteiger partial charge is 0.348 e. The van der Waals surface area contributed by atoms with Crippen molar-refractivity contribution in [3.05, 3.63) is 69.2 Å². The predicted octanol–water partition coefficient (Wildman–Crippen LogP) is 3.80. The summed E-state index contributed by atoms with van der Waals surface area (Å²) < 4.78 is 0. The minimum absolute atomic E-state index is 0.242. The zero-order chi connectivity index (χ0) is 14.5. The Morgan fingerprint density at radius 2 is 1.85 bits per heavy atom. The molecule has 0 atom stereocenters. The summed E-state index contributed by atoms with van der Waals surface area (Å²) in [4.78, 5) is 12.0. The van der Waals surface area contributed by atoms with E-state index < -0.39 is 0 Å². The number of hydrogen-bond donors (Lipinski definition) is 1. The lowest BCUT2D eigenvalue weighted by Gasteiger charge is -2.07.